The molecule has 2 heteroatoms. The molecular formula is C15H26O2. The van der Waals surface area contributed by atoms with Gasteiger partial charge in [0.2, 0.25) is 0 Å². The van der Waals surface area contributed by atoms with Gasteiger partial charge in [0.25, 0.3) is 0 Å². The van der Waals surface area contributed by atoms with Gasteiger partial charge in [-0.15, -0.1) is 0 Å². The molecule has 0 saturated carbocycles. The van der Waals surface area contributed by atoms with Crippen LogP contribution in [-0.4, -0.2) is 20.0 Å². The molecule has 0 radical (unpaired) electrons. The van der Waals surface area contributed by atoms with Gasteiger partial charge in [-0.2, -0.15) is 0 Å². The van der Waals surface area contributed by atoms with Gasteiger partial charge in [-0.1, -0.05) is 43.7 Å². The fourth-order valence-corrected chi connectivity index (χ4v) is 1.09. The van der Waals surface area contributed by atoms with E-state index in [0.29, 0.717) is 6.42 Å². The van der Waals surface area contributed by atoms with Crippen molar-refractivity contribution in [1.82, 2.24) is 0 Å². The lowest BCUT2D eigenvalue weighted by atomic mass is 10.1. The molecule has 0 aliphatic heterocycles. The van der Waals surface area contributed by atoms with Crippen LogP contribution in [0.25, 0.3) is 0 Å². The lowest BCUT2D eigenvalue weighted by Crippen LogP contribution is -1.85. The van der Waals surface area contributed by atoms with Gasteiger partial charge in [0.1, 0.15) is 6.29 Å². The molecule has 0 aliphatic carbocycles. The number of aryl methyl sites for hydroxylation is 2. The SMILES string of the molecule is CC.CCOC.Cc1cccc(CCC=O)c1. The Balaban J connectivity index is 0. The van der Waals surface area contributed by atoms with Crippen LogP contribution in [0.4, 0.5) is 0 Å². The Bertz CT molecular complexity index is 267. The Hall–Kier alpha value is -1.15. The van der Waals surface area contributed by atoms with Crippen LogP contribution in [-0.2, 0) is 16.0 Å². The number of rotatable bonds is 4. The molecule has 1 aromatic rings. The van der Waals surface area contributed by atoms with E-state index < -0.39 is 0 Å². The van der Waals surface area contributed by atoms with Crippen LogP contribution in [0.1, 0.15) is 38.3 Å². The Kier molecular flexibility index (Phi) is 15.9. The normalized spacial score (nSPS) is 8.29. The van der Waals surface area contributed by atoms with Crippen LogP contribution in [0.15, 0.2) is 24.3 Å². The molecule has 2 nitrogen and oxygen atoms in total. The highest BCUT2D eigenvalue weighted by Crippen LogP contribution is 2.05. The third-order valence-electron chi connectivity index (χ3n) is 1.92. The highest BCUT2D eigenvalue weighted by molar-refractivity contribution is 5.50. The second-order valence-corrected chi connectivity index (χ2v) is 3.27. The van der Waals surface area contributed by atoms with Crippen molar-refractivity contribution < 1.29 is 9.53 Å². The van der Waals surface area contributed by atoms with Crippen molar-refractivity contribution in [3.63, 3.8) is 0 Å². The first kappa shape index (κ1) is 18.2. The van der Waals surface area contributed by atoms with Crippen LogP contribution in [0.2, 0.25) is 0 Å². The third kappa shape index (κ3) is 12.8. The van der Waals surface area contributed by atoms with Crippen molar-refractivity contribution in [2.24, 2.45) is 0 Å². The second-order valence-electron chi connectivity index (χ2n) is 3.27. The number of carbonyl (C=O) groups excluding carboxylic acids is 1. The summed E-state index contributed by atoms with van der Waals surface area (Å²) in [7, 11) is 1.68. The standard InChI is InChI=1S/C10H12O.C3H8O.C2H6/c1-9-4-2-5-10(8-9)6-3-7-11;1-3-4-2;1-2/h2,4-5,7-8H,3,6H2,1H3;3H2,1-2H3;1-2H3. The predicted molar refractivity (Wildman–Crippen MR) is 74.5 cm³/mol. The first-order valence-electron chi connectivity index (χ1n) is 6.22. The van der Waals surface area contributed by atoms with Crippen LogP contribution < -0.4 is 0 Å². The van der Waals surface area contributed by atoms with Crippen LogP contribution in [0.5, 0.6) is 0 Å². The van der Waals surface area contributed by atoms with Gasteiger partial charge >= 0.3 is 0 Å². The molecule has 0 fully saturated rings. The zero-order valence-electron chi connectivity index (χ0n) is 11.8. The van der Waals surface area contributed by atoms with Crippen LogP contribution in [0, 0.1) is 6.92 Å². The Morgan fingerprint density at radius 2 is 1.88 bits per heavy atom. The van der Waals surface area contributed by atoms with Crippen molar-refractivity contribution in [1.29, 1.82) is 0 Å². The van der Waals surface area contributed by atoms with E-state index in [2.05, 4.69) is 29.9 Å². The molecule has 0 aromatic heterocycles. The van der Waals surface area contributed by atoms with Crippen molar-refractivity contribution in [3.05, 3.63) is 35.4 Å². The molecule has 98 valence electrons. The first-order valence-corrected chi connectivity index (χ1v) is 6.22. The molecule has 0 atom stereocenters. The quantitative estimate of drug-likeness (QED) is 0.746. The summed E-state index contributed by atoms with van der Waals surface area (Å²) in [5, 5.41) is 0. The Morgan fingerprint density at radius 3 is 2.29 bits per heavy atom. The van der Waals surface area contributed by atoms with E-state index in [4.69, 9.17) is 0 Å². The van der Waals surface area contributed by atoms with E-state index in [1.165, 1.54) is 11.1 Å². The number of carbonyl (C=O) groups is 1. The number of benzene rings is 1. The maximum atomic E-state index is 10.1. The third-order valence-corrected chi connectivity index (χ3v) is 1.92. The summed E-state index contributed by atoms with van der Waals surface area (Å²) >= 11 is 0. The first-order chi connectivity index (χ1) is 8.24. The van der Waals surface area contributed by atoms with Crippen molar-refractivity contribution in [2.45, 2.75) is 40.5 Å². The lowest BCUT2D eigenvalue weighted by molar-refractivity contribution is -0.107. The van der Waals surface area contributed by atoms with E-state index >= 15 is 0 Å². The molecule has 1 rings (SSSR count). The number of aldehydes is 1. The van der Waals surface area contributed by atoms with Crippen LogP contribution >= 0.6 is 0 Å². The maximum absolute atomic E-state index is 10.1. The molecule has 0 saturated heterocycles. The largest absolute Gasteiger partial charge is 0.385 e. The van der Waals surface area contributed by atoms with Gasteiger partial charge < -0.3 is 9.53 Å². The minimum atomic E-state index is 0.628. The molecule has 0 aliphatic rings. The zero-order chi connectivity index (χ0) is 13.5. The van der Waals surface area contributed by atoms with E-state index in [1.807, 2.05) is 26.8 Å². The molecule has 17 heavy (non-hydrogen) atoms. The smallest absolute Gasteiger partial charge is 0.120 e. The van der Waals surface area contributed by atoms with Gasteiger partial charge in [0.15, 0.2) is 0 Å². The number of hydrogen-bond donors (Lipinski definition) is 0. The van der Waals surface area contributed by atoms with Crippen LogP contribution in [0.3, 0.4) is 0 Å². The molecular weight excluding hydrogens is 212 g/mol. The molecule has 0 amide bonds. The van der Waals surface area contributed by atoms with Gasteiger partial charge in [0.05, 0.1) is 0 Å². The highest BCUT2D eigenvalue weighted by atomic mass is 16.5. The zero-order valence-corrected chi connectivity index (χ0v) is 11.8. The summed E-state index contributed by atoms with van der Waals surface area (Å²) in [6.45, 7) is 8.84. The average molecular weight is 238 g/mol. The fraction of sp³-hybridized carbons (Fsp3) is 0.533. The minimum Gasteiger partial charge on any atom is -0.385 e. The maximum Gasteiger partial charge on any atom is 0.120 e. The summed E-state index contributed by atoms with van der Waals surface area (Å²) < 4.78 is 4.54. The number of ether oxygens (including phenoxy) is 1. The monoisotopic (exact) mass is 238 g/mol. The summed E-state index contributed by atoms with van der Waals surface area (Å²) in [6.07, 6.45) is 2.46. The lowest BCUT2D eigenvalue weighted by Gasteiger charge is -1.97. The fourth-order valence-electron chi connectivity index (χ4n) is 1.09. The van der Waals surface area contributed by atoms with Gasteiger partial charge in [-0.3, -0.25) is 0 Å². The van der Waals surface area contributed by atoms with Crippen molar-refractivity contribution in [2.75, 3.05) is 13.7 Å². The number of hydrogen-bond acceptors (Lipinski definition) is 2. The molecule has 1 aromatic carbocycles. The van der Waals surface area contributed by atoms with Gasteiger partial charge in [-0.05, 0) is 25.8 Å². The summed E-state index contributed by atoms with van der Waals surface area (Å²) in [5.74, 6) is 0. The molecule has 0 N–H and O–H groups in total. The van der Waals surface area contributed by atoms with E-state index in [-0.39, 0.29) is 0 Å². The average Bonchev–Trinajstić information content (AvgIpc) is 2.39. The van der Waals surface area contributed by atoms with Gasteiger partial charge in [0, 0.05) is 20.1 Å². The Morgan fingerprint density at radius 1 is 1.29 bits per heavy atom. The van der Waals surface area contributed by atoms with E-state index in [9.17, 15) is 4.79 Å². The van der Waals surface area contributed by atoms with E-state index in [1.54, 1.807) is 7.11 Å². The summed E-state index contributed by atoms with van der Waals surface area (Å²) in [4.78, 5) is 10.1. The topological polar surface area (TPSA) is 26.3 Å². The molecule has 0 spiro atoms. The molecule has 0 unspecified atom stereocenters. The van der Waals surface area contributed by atoms with E-state index in [0.717, 1.165) is 19.3 Å². The summed E-state index contributed by atoms with van der Waals surface area (Å²) in [5.41, 5.74) is 2.51. The molecule has 0 bridgehead atoms. The van der Waals surface area contributed by atoms with Gasteiger partial charge in [-0.25, -0.2) is 0 Å². The van der Waals surface area contributed by atoms with Crippen molar-refractivity contribution in [3.8, 4) is 0 Å². The summed E-state index contributed by atoms with van der Waals surface area (Å²) in [6, 6.07) is 8.25. The van der Waals surface area contributed by atoms with Crippen molar-refractivity contribution >= 4 is 6.29 Å². The molecule has 0 heterocycles. The second kappa shape index (κ2) is 14.8. The number of methoxy groups -OCH3 is 1. The predicted octanol–water partition coefficient (Wildman–Crippen LogP) is 3.81. The minimum absolute atomic E-state index is 0.628. The Labute approximate surface area is 106 Å². The highest BCUT2D eigenvalue weighted by Gasteiger charge is 1.91.